The third-order valence-electron chi connectivity index (χ3n) is 2.87. The van der Waals surface area contributed by atoms with Crippen LogP contribution in [0.4, 0.5) is 0 Å². The monoisotopic (exact) mass is 296 g/mol. The van der Waals surface area contributed by atoms with Crippen molar-refractivity contribution in [3.63, 3.8) is 0 Å². The van der Waals surface area contributed by atoms with E-state index in [0.29, 0.717) is 16.6 Å². The molecule has 0 aliphatic carbocycles. The van der Waals surface area contributed by atoms with Crippen molar-refractivity contribution < 1.29 is 8.42 Å². The topological polar surface area (TPSA) is 80.6 Å². The molecule has 0 spiro atoms. The SMILES string of the molecule is Cc1ccc2c(S(=O)(=O)Cl)c[nH]c2c1-n1nccn1. The summed E-state index contributed by atoms with van der Waals surface area (Å²) in [7, 11) is 1.62. The second-order valence-electron chi connectivity index (χ2n) is 4.06. The second-order valence-corrected chi connectivity index (χ2v) is 6.60. The molecule has 1 aromatic carbocycles. The number of hydrogen-bond donors (Lipinski definition) is 1. The van der Waals surface area contributed by atoms with Gasteiger partial charge in [-0.2, -0.15) is 10.2 Å². The fourth-order valence-electron chi connectivity index (χ4n) is 2.05. The summed E-state index contributed by atoms with van der Waals surface area (Å²) in [5.41, 5.74) is 2.26. The zero-order valence-electron chi connectivity index (χ0n) is 9.83. The Morgan fingerprint density at radius 2 is 1.95 bits per heavy atom. The zero-order chi connectivity index (χ0) is 13.6. The van der Waals surface area contributed by atoms with E-state index in [9.17, 15) is 8.42 Å². The number of benzene rings is 1. The van der Waals surface area contributed by atoms with Crippen LogP contribution in [0.25, 0.3) is 16.6 Å². The molecule has 1 N–H and O–H groups in total. The van der Waals surface area contributed by atoms with Crippen LogP contribution in [0.2, 0.25) is 0 Å². The highest BCUT2D eigenvalue weighted by atomic mass is 35.7. The largest absolute Gasteiger partial charge is 0.358 e. The average Bonchev–Trinajstić information content (AvgIpc) is 2.94. The van der Waals surface area contributed by atoms with Gasteiger partial charge in [0.2, 0.25) is 0 Å². The standard InChI is InChI=1S/C11H9ClN4O2S/c1-7-2-3-8-9(19(12,17)18)6-13-10(8)11(7)16-14-4-5-15-16/h2-6,13H,1H3. The summed E-state index contributed by atoms with van der Waals surface area (Å²) >= 11 is 0. The van der Waals surface area contributed by atoms with Crippen molar-refractivity contribution in [3.8, 4) is 5.69 Å². The lowest BCUT2D eigenvalue weighted by Crippen LogP contribution is -2.02. The van der Waals surface area contributed by atoms with Gasteiger partial charge in [-0.05, 0) is 12.5 Å². The number of nitrogens with zero attached hydrogens (tertiary/aromatic N) is 3. The Morgan fingerprint density at radius 1 is 1.26 bits per heavy atom. The van der Waals surface area contributed by atoms with Crippen molar-refractivity contribution >= 4 is 30.6 Å². The first-order valence-corrected chi connectivity index (χ1v) is 7.71. The van der Waals surface area contributed by atoms with Crippen molar-refractivity contribution in [2.75, 3.05) is 0 Å². The molecule has 8 heteroatoms. The van der Waals surface area contributed by atoms with Gasteiger partial charge in [-0.25, -0.2) is 8.42 Å². The molecule has 0 unspecified atom stereocenters. The molecule has 0 bridgehead atoms. The minimum atomic E-state index is -3.79. The Balaban J connectivity index is 2.41. The molecule has 0 saturated heterocycles. The quantitative estimate of drug-likeness (QED) is 0.733. The molecule has 0 fully saturated rings. The Labute approximate surface area is 113 Å². The number of halogens is 1. The van der Waals surface area contributed by atoms with E-state index in [-0.39, 0.29) is 4.90 Å². The molecule has 2 aromatic heterocycles. The Morgan fingerprint density at radius 3 is 2.58 bits per heavy atom. The van der Waals surface area contributed by atoms with Crippen molar-refractivity contribution in [1.29, 1.82) is 0 Å². The van der Waals surface area contributed by atoms with Crippen molar-refractivity contribution in [3.05, 3.63) is 36.3 Å². The molecule has 0 aliphatic heterocycles. The maximum absolute atomic E-state index is 11.5. The number of nitrogens with one attached hydrogen (secondary N) is 1. The van der Waals surface area contributed by atoms with Gasteiger partial charge in [-0.3, -0.25) is 0 Å². The van der Waals surface area contributed by atoms with E-state index >= 15 is 0 Å². The predicted molar refractivity (Wildman–Crippen MR) is 71.0 cm³/mol. The molecule has 0 saturated carbocycles. The van der Waals surface area contributed by atoms with Crippen molar-refractivity contribution in [1.82, 2.24) is 20.0 Å². The predicted octanol–water partition coefficient (Wildman–Crippen LogP) is 1.98. The summed E-state index contributed by atoms with van der Waals surface area (Å²) in [6, 6.07) is 3.52. The Bertz CT molecular complexity index is 852. The van der Waals surface area contributed by atoms with Gasteiger partial charge in [0.05, 0.1) is 17.9 Å². The summed E-state index contributed by atoms with van der Waals surface area (Å²) in [4.78, 5) is 4.42. The maximum atomic E-state index is 11.5. The van der Waals surface area contributed by atoms with Crippen LogP contribution in [0.5, 0.6) is 0 Å². The van der Waals surface area contributed by atoms with Crippen LogP contribution < -0.4 is 0 Å². The number of aryl methyl sites for hydroxylation is 1. The van der Waals surface area contributed by atoms with E-state index in [1.54, 1.807) is 24.5 Å². The van der Waals surface area contributed by atoms with Crippen LogP contribution in [0.3, 0.4) is 0 Å². The number of hydrogen-bond acceptors (Lipinski definition) is 4. The van der Waals surface area contributed by atoms with E-state index in [4.69, 9.17) is 10.7 Å². The lowest BCUT2D eigenvalue weighted by atomic mass is 10.1. The van der Waals surface area contributed by atoms with E-state index in [1.165, 1.54) is 11.0 Å². The van der Waals surface area contributed by atoms with E-state index in [0.717, 1.165) is 5.56 Å². The summed E-state index contributed by atoms with van der Waals surface area (Å²) in [5.74, 6) is 0. The molecule has 0 radical (unpaired) electrons. The van der Waals surface area contributed by atoms with Gasteiger partial charge in [0.1, 0.15) is 10.6 Å². The Kier molecular flexibility index (Phi) is 2.61. The van der Waals surface area contributed by atoms with Gasteiger partial charge < -0.3 is 4.98 Å². The van der Waals surface area contributed by atoms with Crippen LogP contribution in [0, 0.1) is 6.92 Å². The number of H-pyrrole nitrogens is 1. The molecule has 0 atom stereocenters. The van der Waals surface area contributed by atoms with Gasteiger partial charge in [0.15, 0.2) is 0 Å². The van der Waals surface area contributed by atoms with Crippen LogP contribution in [-0.2, 0) is 9.05 Å². The Hall–Kier alpha value is -1.86. The fourth-order valence-corrected chi connectivity index (χ4v) is 3.07. The van der Waals surface area contributed by atoms with Crippen LogP contribution >= 0.6 is 10.7 Å². The molecular formula is C11H9ClN4O2S. The summed E-state index contributed by atoms with van der Waals surface area (Å²) in [6.07, 6.45) is 4.49. The molecule has 98 valence electrons. The van der Waals surface area contributed by atoms with Crippen LogP contribution in [-0.4, -0.2) is 28.4 Å². The van der Waals surface area contributed by atoms with E-state index in [2.05, 4.69) is 15.2 Å². The van der Waals surface area contributed by atoms with E-state index in [1.807, 2.05) is 6.92 Å². The summed E-state index contributed by atoms with van der Waals surface area (Å²) < 4.78 is 23.0. The molecule has 0 amide bonds. The second kappa shape index (κ2) is 4.07. The van der Waals surface area contributed by atoms with Gasteiger partial charge in [-0.15, -0.1) is 4.80 Å². The molecule has 19 heavy (non-hydrogen) atoms. The summed E-state index contributed by atoms with van der Waals surface area (Å²) in [6.45, 7) is 1.90. The lowest BCUT2D eigenvalue weighted by Gasteiger charge is -2.06. The highest BCUT2D eigenvalue weighted by Crippen LogP contribution is 2.30. The third-order valence-corrected chi connectivity index (χ3v) is 4.24. The first-order valence-electron chi connectivity index (χ1n) is 5.40. The molecule has 0 aliphatic rings. The molecular weight excluding hydrogens is 288 g/mol. The third kappa shape index (κ3) is 1.91. The zero-order valence-corrected chi connectivity index (χ0v) is 11.4. The summed E-state index contributed by atoms with van der Waals surface area (Å²) in [5, 5.41) is 8.67. The van der Waals surface area contributed by atoms with Crippen molar-refractivity contribution in [2.24, 2.45) is 0 Å². The molecule has 6 nitrogen and oxygen atoms in total. The number of aromatic nitrogens is 4. The van der Waals surface area contributed by atoms with Crippen molar-refractivity contribution in [2.45, 2.75) is 11.8 Å². The molecule has 3 rings (SSSR count). The lowest BCUT2D eigenvalue weighted by molar-refractivity contribution is 0.610. The van der Waals surface area contributed by atoms with Crippen LogP contribution in [0.15, 0.2) is 35.6 Å². The minimum Gasteiger partial charge on any atom is -0.358 e. The fraction of sp³-hybridized carbons (Fsp3) is 0.0909. The normalized spacial score (nSPS) is 12.1. The maximum Gasteiger partial charge on any atom is 0.263 e. The first-order chi connectivity index (χ1) is 8.98. The van der Waals surface area contributed by atoms with Crippen LogP contribution in [0.1, 0.15) is 5.56 Å². The minimum absolute atomic E-state index is 0.0533. The van der Waals surface area contributed by atoms with Gasteiger partial charge in [0.25, 0.3) is 9.05 Å². The average molecular weight is 297 g/mol. The van der Waals surface area contributed by atoms with E-state index < -0.39 is 9.05 Å². The number of rotatable bonds is 2. The van der Waals surface area contributed by atoms with Gasteiger partial charge >= 0.3 is 0 Å². The van der Waals surface area contributed by atoms with Gasteiger partial charge in [0, 0.05) is 22.3 Å². The smallest absolute Gasteiger partial charge is 0.263 e. The highest BCUT2D eigenvalue weighted by Gasteiger charge is 2.19. The highest BCUT2D eigenvalue weighted by molar-refractivity contribution is 8.14. The van der Waals surface area contributed by atoms with Gasteiger partial charge in [-0.1, -0.05) is 12.1 Å². The molecule has 3 aromatic rings. The molecule has 2 heterocycles. The number of fused-ring (bicyclic) bond motifs is 1. The number of aromatic amines is 1. The first kappa shape index (κ1) is 12.2.